The number of hydrogen-bond acceptors (Lipinski definition) is 5. The van der Waals surface area contributed by atoms with E-state index in [4.69, 9.17) is 14.7 Å². The standard InChI is InChI=1S/C11H11N3O2/c12-4-9-13-5-8-6-16-11(10(8)14-9)2-1-3-15-7-11/h5H,1-3,6-7H2. The Morgan fingerprint density at radius 3 is 3.19 bits per heavy atom. The van der Waals surface area contributed by atoms with Crippen molar-refractivity contribution in [1.82, 2.24) is 9.97 Å². The third-order valence-electron chi connectivity index (χ3n) is 3.10. The number of hydrogen-bond donors (Lipinski definition) is 0. The quantitative estimate of drug-likeness (QED) is 0.645. The van der Waals surface area contributed by atoms with Gasteiger partial charge in [0.05, 0.1) is 18.9 Å². The van der Waals surface area contributed by atoms with Crippen molar-refractivity contribution in [3.63, 3.8) is 0 Å². The summed E-state index contributed by atoms with van der Waals surface area (Å²) in [4.78, 5) is 8.23. The van der Waals surface area contributed by atoms with E-state index >= 15 is 0 Å². The minimum Gasteiger partial charge on any atom is -0.378 e. The first-order valence-corrected chi connectivity index (χ1v) is 5.32. The number of nitrogens with zero attached hydrogens (tertiary/aromatic N) is 3. The fourth-order valence-corrected chi connectivity index (χ4v) is 2.31. The molecule has 0 bridgehead atoms. The van der Waals surface area contributed by atoms with Crippen molar-refractivity contribution in [1.29, 1.82) is 5.26 Å². The van der Waals surface area contributed by atoms with Crippen LogP contribution in [0.5, 0.6) is 0 Å². The molecule has 0 amide bonds. The third-order valence-corrected chi connectivity index (χ3v) is 3.10. The molecule has 1 atom stereocenters. The molecule has 5 heteroatoms. The van der Waals surface area contributed by atoms with E-state index in [-0.39, 0.29) is 5.82 Å². The van der Waals surface area contributed by atoms with Crippen LogP contribution in [0, 0.1) is 11.3 Å². The van der Waals surface area contributed by atoms with Gasteiger partial charge in [-0.25, -0.2) is 9.97 Å². The van der Waals surface area contributed by atoms with Gasteiger partial charge in [-0.15, -0.1) is 0 Å². The molecule has 3 heterocycles. The lowest BCUT2D eigenvalue weighted by atomic mass is 9.92. The van der Waals surface area contributed by atoms with Crippen LogP contribution in [-0.4, -0.2) is 23.2 Å². The summed E-state index contributed by atoms with van der Waals surface area (Å²) in [5.41, 5.74) is 1.39. The second-order valence-electron chi connectivity index (χ2n) is 4.12. The van der Waals surface area contributed by atoms with Gasteiger partial charge >= 0.3 is 0 Å². The molecule has 0 aliphatic carbocycles. The van der Waals surface area contributed by atoms with Crippen molar-refractivity contribution in [2.75, 3.05) is 13.2 Å². The van der Waals surface area contributed by atoms with Crippen LogP contribution in [0.25, 0.3) is 0 Å². The molecule has 0 saturated carbocycles. The number of fused-ring (bicyclic) bond motifs is 2. The molecule has 2 aliphatic rings. The molecule has 82 valence electrons. The highest BCUT2D eigenvalue weighted by atomic mass is 16.5. The highest BCUT2D eigenvalue weighted by Crippen LogP contribution is 2.40. The van der Waals surface area contributed by atoms with Crippen molar-refractivity contribution < 1.29 is 9.47 Å². The predicted molar refractivity (Wildman–Crippen MR) is 53.3 cm³/mol. The Morgan fingerprint density at radius 2 is 2.44 bits per heavy atom. The van der Waals surface area contributed by atoms with Gasteiger partial charge in [0.25, 0.3) is 0 Å². The molecule has 1 aromatic rings. The number of aromatic nitrogens is 2. The molecule has 0 aromatic carbocycles. The third kappa shape index (κ3) is 1.31. The van der Waals surface area contributed by atoms with E-state index in [9.17, 15) is 0 Å². The van der Waals surface area contributed by atoms with Crippen molar-refractivity contribution in [3.8, 4) is 6.07 Å². The highest BCUT2D eigenvalue weighted by Gasteiger charge is 2.43. The molecule has 0 N–H and O–H groups in total. The summed E-state index contributed by atoms with van der Waals surface area (Å²) in [6.45, 7) is 1.82. The molecule has 1 spiro atoms. The molecule has 1 aromatic heterocycles. The van der Waals surface area contributed by atoms with Gasteiger partial charge in [0.15, 0.2) is 0 Å². The minimum atomic E-state index is -0.428. The van der Waals surface area contributed by atoms with Gasteiger partial charge in [-0.3, -0.25) is 0 Å². The van der Waals surface area contributed by atoms with Crippen LogP contribution in [0.15, 0.2) is 6.20 Å². The molecule has 1 unspecified atom stereocenters. The Morgan fingerprint density at radius 1 is 1.50 bits per heavy atom. The van der Waals surface area contributed by atoms with Crippen LogP contribution >= 0.6 is 0 Å². The summed E-state index contributed by atoms with van der Waals surface area (Å²) in [6.07, 6.45) is 3.55. The second kappa shape index (κ2) is 3.51. The van der Waals surface area contributed by atoms with Crippen LogP contribution in [0.3, 0.4) is 0 Å². The Hall–Kier alpha value is -1.51. The molecule has 2 aliphatic heterocycles. The van der Waals surface area contributed by atoms with E-state index in [0.717, 1.165) is 30.7 Å². The topological polar surface area (TPSA) is 68.0 Å². The van der Waals surface area contributed by atoms with Crippen LogP contribution in [0.4, 0.5) is 0 Å². The molecule has 3 rings (SSSR count). The van der Waals surface area contributed by atoms with E-state index in [1.807, 2.05) is 6.07 Å². The first-order chi connectivity index (χ1) is 7.84. The lowest BCUT2D eigenvalue weighted by molar-refractivity contribution is -0.127. The maximum Gasteiger partial charge on any atom is 0.232 e. The first-order valence-electron chi connectivity index (χ1n) is 5.32. The Labute approximate surface area is 93.0 Å². The average Bonchev–Trinajstić information content (AvgIpc) is 2.69. The molecule has 1 fully saturated rings. The number of rotatable bonds is 0. The molecule has 1 saturated heterocycles. The molecular formula is C11H11N3O2. The summed E-state index contributed by atoms with van der Waals surface area (Å²) >= 11 is 0. The largest absolute Gasteiger partial charge is 0.378 e. The summed E-state index contributed by atoms with van der Waals surface area (Å²) in [6, 6.07) is 1.96. The van der Waals surface area contributed by atoms with E-state index in [2.05, 4.69) is 9.97 Å². The summed E-state index contributed by atoms with van der Waals surface area (Å²) in [7, 11) is 0. The van der Waals surface area contributed by atoms with Crippen molar-refractivity contribution >= 4 is 0 Å². The van der Waals surface area contributed by atoms with E-state index in [0.29, 0.717) is 13.2 Å². The second-order valence-corrected chi connectivity index (χ2v) is 4.12. The summed E-state index contributed by atoms with van der Waals surface area (Å²) < 4.78 is 11.3. The zero-order valence-corrected chi connectivity index (χ0v) is 8.77. The van der Waals surface area contributed by atoms with Gasteiger partial charge in [-0.05, 0) is 12.8 Å². The highest BCUT2D eigenvalue weighted by molar-refractivity contribution is 5.30. The maximum atomic E-state index is 8.81. The molecule has 16 heavy (non-hydrogen) atoms. The Bertz CT molecular complexity index is 455. The van der Waals surface area contributed by atoms with Crippen LogP contribution in [0.1, 0.15) is 29.9 Å². The predicted octanol–water partition coefficient (Wildman–Crippen LogP) is 0.884. The van der Waals surface area contributed by atoms with Gasteiger partial charge in [-0.2, -0.15) is 5.26 Å². The van der Waals surface area contributed by atoms with Crippen LogP contribution < -0.4 is 0 Å². The molecular weight excluding hydrogens is 206 g/mol. The lowest BCUT2D eigenvalue weighted by Crippen LogP contribution is -2.36. The fraction of sp³-hybridized carbons (Fsp3) is 0.545. The Balaban J connectivity index is 2.06. The van der Waals surface area contributed by atoms with E-state index in [1.54, 1.807) is 6.20 Å². The van der Waals surface area contributed by atoms with Crippen molar-refractivity contribution in [2.24, 2.45) is 0 Å². The summed E-state index contributed by atoms with van der Waals surface area (Å²) in [5.74, 6) is 0.203. The van der Waals surface area contributed by atoms with E-state index < -0.39 is 5.60 Å². The first kappa shape index (κ1) is 9.70. The number of ether oxygens (including phenoxy) is 2. The van der Waals surface area contributed by atoms with Gasteiger partial charge in [-0.1, -0.05) is 0 Å². The van der Waals surface area contributed by atoms with Gasteiger partial charge in [0.1, 0.15) is 11.7 Å². The van der Waals surface area contributed by atoms with Crippen molar-refractivity contribution in [3.05, 3.63) is 23.3 Å². The maximum absolute atomic E-state index is 8.81. The fourth-order valence-electron chi connectivity index (χ4n) is 2.31. The van der Waals surface area contributed by atoms with Gasteiger partial charge < -0.3 is 9.47 Å². The van der Waals surface area contributed by atoms with E-state index in [1.165, 1.54) is 0 Å². The van der Waals surface area contributed by atoms with Gasteiger partial charge in [0.2, 0.25) is 5.82 Å². The molecule has 5 nitrogen and oxygen atoms in total. The van der Waals surface area contributed by atoms with Gasteiger partial charge in [0, 0.05) is 18.4 Å². The Kier molecular flexibility index (Phi) is 2.13. The van der Waals surface area contributed by atoms with Crippen molar-refractivity contribution in [2.45, 2.75) is 25.0 Å². The zero-order chi connectivity index (χ0) is 11.0. The smallest absolute Gasteiger partial charge is 0.232 e. The zero-order valence-electron chi connectivity index (χ0n) is 8.77. The average molecular weight is 217 g/mol. The van der Waals surface area contributed by atoms with Crippen LogP contribution in [0.2, 0.25) is 0 Å². The minimum absolute atomic E-state index is 0.203. The normalized spacial score (nSPS) is 27.7. The SMILES string of the molecule is N#Cc1ncc2c(n1)C1(CCCOC1)OC2. The molecule has 0 radical (unpaired) electrons. The number of nitriles is 1. The lowest BCUT2D eigenvalue weighted by Gasteiger charge is -2.32. The summed E-state index contributed by atoms with van der Waals surface area (Å²) in [5, 5.41) is 8.81. The monoisotopic (exact) mass is 217 g/mol. The van der Waals surface area contributed by atoms with Crippen LogP contribution in [-0.2, 0) is 21.7 Å².